The molecule has 1 aromatic heterocycles. The molecule has 3 nitrogen and oxygen atoms in total. The van der Waals surface area contributed by atoms with Crippen LogP contribution < -0.4 is 11.0 Å². The highest BCUT2D eigenvalue weighted by molar-refractivity contribution is 7.28. The monoisotopic (exact) mass is 327 g/mol. The van der Waals surface area contributed by atoms with E-state index in [2.05, 4.69) is 26.4 Å². The molecule has 2 unspecified atom stereocenters. The molecule has 23 heavy (non-hydrogen) atoms. The molecule has 0 radical (unpaired) electrons. The van der Waals surface area contributed by atoms with E-state index in [0.717, 1.165) is 22.4 Å². The summed E-state index contributed by atoms with van der Waals surface area (Å²) < 4.78 is 15.6. The fraction of sp³-hybridized carbons (Fsp3) is 0.167. The van der Waals surface area contributed by atoms with E-state index in [-0.39, 0.29) is 11.9 Å². The van der Waals surface area contributed by atoms with Gasteiger partial charge in [0.15, 0.2) is 0 Å². The lowest BCUT2D eigenvalue weighted by atomic mass is 10.1. The van der Waals surface area contributed by atoms with Gasteiger partial charge in [0.05, 0.1) is 11.7 Å². The molecule has 0 aliphatic heterocycles. The fourth-order valence-corrected chi connectivity index (χ4v) is 2.91. The Hall–Kier alpha value is -2.03. The second-order valence-corrected chi connectivity index (χ2v) is 6.24. The predicted octanol–water partition coefficient (Wildman–Crippen LogP) is 3.26. The zero-order valence-electron chi connectivity index (χ0n) is 12.9. The second kappa shape index (κ2) is 6.61. The summed E-state index contributed by atoms with van der Waals surface area (Å²) in [5, 5.41) is 0.909. The van der Waals surface area contributed by atoms with Crippen molar-refractivity contribution >= 4 is 14.5 Å². The van der Waals surface area contributed by atoms with Crippen molar-refractivity contribution in [1.82, 2.24) is 9.55 Å². The summed E-state index contributed by atoms with van der Waals surface area (Å²) in [4.78, 5) is 4.64. The normalized spacial score (nSPS) is 12.3. The Morgan fingerprint density at radius 1 is 1.22 bits per heavy atom. The molecule has 0 fully saturated rings. The van der Waals surface area contributed by atoms with E-state index in [1.54, 1.807) is 6.07 Å². The number of rotatable bonds is 4. The van der Waals surface area contributed by atoms with Crippen molar-refractivity contribution in [2.75, 3.05) is 0 Å². The average molecular weight is 327 g/mol. The van der Waals surface area contributed by atoms with Gasteiger partial charge in [-0.25, -0.2) is 9.37 Å². The first kappa shape index (κ1) is 15.9. The Morgan fingerprint density at radius 2 is 1.96 bits per heavy atom. The maximum atomic E-state index is 13.6. The van der Waals surface area contributed by atoms with Crippen LogP contribution in [-0.4, -0.2) is 9.55 Å². The third kappa shape index (κ3) is 3.49. The average Bonchev–Trinajstić information content (AvgIpc) is 2.94. The molecule has 0 spiro atoms. The van der Waals surface area contributed by atoms with E-state index in [1.807, 2.05) is 35.9 Å². The quantitative estimate of drug-likeness (QED) is 0.748. The molecule has 3 aromatic rings. The van der Waals surface area contributed by atoms with Gasteiger partial charge < -0.3 is 10.3 Å². The summed E-state index contributed by atoms with van der Waals surface area (Å²) >= 11 is 0. The van der Waals surface area contributed by atoms with Gasteiger partial charge in [-0.3, -0.25) is 0 Å². The molecule has 2 atom stereocenters. The molecule has 0 aliphatic carbocycles. The number of nitrogens with two attached hydrogens (primary N) is 1. The Morgan fingerprint density at radius 3 is 2.65 bits per heavy atom. The molecule has 0 saturated carbocycles. The summed E-state index contributed by atoms with van der Waals surface area (Å²) in [7, 11) is 2.62. The minimum absolute atomic E-state index is 0.200. The number of benzene rings is 2. The van der Waals surface area contributed by atoms with Gasteiger partial charge in [0, 0.05) is 18.3 Å². The first-order valence-electron chi connectivity index (χ1n) is 7.46. The minimum atomic E-state index is -0.272. The molecule has 0 aliphatic rings. The zero-order chi connectivity index (χ0) is 16.4. The van der Waals surface area contributed by atoms with Gasteiger partial charge in [-0.2, -0.15) is 0 Å². The lowest BCUT2D eigenvalue weighted by molar-refractivity contribution is 0.628. The number of imidazole rings is 1. The summed E-state index contributed by atoms with van der Waals surface area (Å²) in [5.41, 5.74) is 8.74. The highest BCUT2D eigenvalue weighted by atomic mass is 31.0. The molecule has 5 heteroatoms. The molecule has 0 amide bonds. The Balaban J connectivity index is 2.03. The van der Waals surface area contributed by atoms with Crippen molar-refractivity contribution in [3.8, 4) is 11.3 Å². The lowest BCUT2D eigenvalue weighted by Crippen LogP contribution is -2.13. The maximum Gasteiger partial charge on any atom is 0.126 e. The third-order valence-electron chi connectivity index (χ3n) is 3.70. The van der Waals surface area contributed by atoms with E-state index in [9.17, 15) is 4.39 Å². The Labute approximate surface area is 137 Å². The van der Waals surface area contributed by atoms with Crippen LogP contribution in [0, 0.1) is 5.82 Å². The summed E-state index contributed by atoms with van der Waals surface area (Å²) in [6.45, 7) is 2.59. The van der Waals surface area contributed by atoms with Crippen LogP contribution in [0.25, 0.3) is 11.3 Å². The van der Waals surface area contributed by atoms with Gasteiger partial charge in [0.2, 0.25) is 0 Å². The number of halogens is 1. The topological polar surface area (TPSA) is 43.8 Å². The van der Waals surface area contributed by atoms with E-state index in [4.69, 9.17) is 5.73 Å². The highest BCUT2D eigenvalue weighted by Crippen LogP contribution is 2.23. The standard InChI is InChI=1S/C18H19FN3P/c1-12(20)18-21-16(15-9-14(19)7-8-17(15)23)11-22(18)10-13-5-3-2-4-6-13/h2-9,11-12H,10,20,23H2,1H3. The van der Waals surface area contributed by atoms with Crippen LogP contribution in [0.5, 0.6) is 0 Å². The van der Waals surface area contributed by atoms with Crippen LogP contribution in [0.4, 0.5) is 4.39 Å². The maximum absolute atomic E-state index is 13.6. The Kier molecular flexibility index (Phi) is 4.56. The van der Waals surface area contributed by atoms with E-state index in [0.29, 0.717) is 6.54 Å². The van der Waals surface area contributed by atoms with Crippen LogP contribution in [-0.2, 0) is 6.54 Å². The van der Waals surface area contributed by atoms with Crippen molar-refractivity contribution in [1.29, 1.82) is 0 Å². The molecular formula is C18H19FN3P. The molecule has 1 heterocycles. The van der Waals surface area contributed by atoms with Crippen molar-refractivity contribution < 1.29 is 4.39 Å². The highest BCUT2D eigenvalue weighted by Gasteiger charge is 2.15. The van der Waals surface area contributed by atoms with Gasteiger partial charge in [-0.05, 0) is 29.9 Å². The van der Waals surface area contributed by atoms with Crippen LogP contribution in [0.2, 0.25) is 0 Å². The largest absolute Gasteiger partial charge is 0.329 e. The summed E-state index contributed by atoms with van der Waals surface area (Å²) in [6.07, 6.45) is 1.94. The first-order valence-corrected chi connectivity index (χ1v) is 8.04. The van der Waals surface area contributed by atoms with E-state index in [1.165, 1.54) is 17.7 Å². The lowest BCUT2D eigenvalue weighted by Gasteiger charge is -2.09. The van der Waals surface area contributed by atoms with Crippen molar-refractivity contribution in [3.05, 3.63) is 71.9 Å². The van der Waals surface area contributed by atoms with Crippen LogP contribution in [0.3, 0.4) is 0 Å². The summed E-state index contributed by atoms with van der Waals surface area (Å²) in [6, 6.07) is 14.6. The number of hydrogen-bond donors (Lipinski definition) is 1. The Bertz CT molecular complexity index is 812. The predicted molar refractivity (Wildman–Crippen MR) is 95.1 cm³/mol. The van der Waals surface area contributed by atoms with E-state index < -0.39 is 0 Å². The number of hydrogen-bond acceptors (Lipinski definition) is 2. The van der Waals surface area contributed by atoms with Crippen molar-refractivity contribution in [2.45, 2.75) is 19.5 Å². The smallest absolute Gasteiger partial charge is 0.126 e. The number of nitrogens with zero attached hydrogens (tertiary/aromatic N) is 2. The SMILES string of the molecule is CC(N)c1nc(-c2cc(F)ccc2P)cn1Cc1ccccc1. The van der Waals surface area contributed by atoms with Crippen LogP contribution in [0.15, 0.2) is 54.7 Å². The van der Waals surface area contributed by atoms with Crippen molar-refractivity contribution in [2.24, 2.45) is 5.73 Å². The van der Waals surface area contributed by atoms with Gasteiger partial charge in [-0.15, -0.1) is 9.24 Å². The van der Waals surface area contributed by atoms with Gasteiger partial charge in [0.1, 0.15) is 11.6 Å². The fourth-order valence-electron chi connectivity index (χ4n) is 2.58. The first-order chi connectivity index (χ1) is 11.0. The zero-order valence-corrected chi connectivity index (χ0v) is 14.1. The molecule has 0 bridgehead atoms. The molecule has 2 aromatic carbocycles. The molecule has 3 rings (SSSR count). The second-order valence-electron chi connectivity index (χ2n) is 5.62. The third-order valence-corrected chi connectivity index (χ3v) is 4.21. The molecule has 2 N–H and O–H groups in total. The number of aromatic nitrogens is 2. The van der Waals surface area contributed by atoms with E-state index >= 15 is 0 Å². The van der Waals surface area contributed by atoms with Crippen LogP contribution in [0.1, 0.15) is 24.4 Å². The molecule has 0 saturated heterocycles. The summed E-state index contributed by atoms with van der Waals surface area (Å²) in [5.74, 6) is 0.517. The molecule has 118 valence electrons. The van der Waals surface area contributed by atoms with Gasteiger partial charge in [0.25, 0.3) is 0 Å². The molecular weight excluding hydrogens is 308 g/mol. The minimum Gasteiger partial charge on any atom is -0.329 e. The van der Waals surface area contributed by atoms with Gasteiger partial charge >= 0.3 is 0 Å². The van der Waals surface area contributed by atoms with Crippen LogP contribution >= 0.6 is 9.24 Å². The van der Waals surface area contributed by atoms with Gasteiger partial charge in [-0.1, -0.05) is 36.4 Å². The van der Waals surface area contributed by atoms with Crippen molar-refractivity contribution in [3.63, 3.8) is 0 Å².